The molecule has 0 saturated carbocycles. The summed E-state index contributed by atoms with van der Waals surface area (Å²) in [6.45, 7) is 3.61. The molecule has 0 spiro atoms. The van der Waals surface area contributed by atoms with E-state index >= 15 is 0 Å². The van der Waals surface area contributed by atoms with E-state index < -0.39 is 5.97 Å². The molecule has 0 atom stereocenters. The van der Waals surface area contributed by atoms with Gasteiger partial charge in [-0.3, -0.25) is 9.69 Å². The first kappa shape index (κ1) is 26.0. The molecule has 3 aromatic rings. The third-order valence-corrected chi connectivity index (χ3v) is 7.03. The average molecular weight is 525 g/mol. The number of piperidine rings is 1. The Balaban J connectivity index is 1.45. The molecule has 2 N–H and O–H groups in total. The number of ether oxygens (including phenoxy) is 1. The number of fused-ring (bicyclic) bond motifs is 1. The molecule has 2 aliphatic rings. The Bertz CT molecular complexity index is 1410. The number of urea groups is 1. The minimum atomic E-state index is -0.433. The highest BCUT2D eigenvalue weighted by Crippen LogP contribution is 2.38. The largest absolute Gasteiger partial charge is 0.462 e. The Morgan fingerprint density at radius 1 is 0.949 bits per heavy atom. The summed E-state index contributed by atoms with van der Waals surface area (Å²) in [6.07, 6.45) is 3.25. The van der Waals surface area contributed by atoms with E-state index in [-0.39, 0.29) is 18.5 Å². The lowest BCUT2D eigenvalue weighted by Gasteiger charge is -2.31. The molecule has 1 fully saturated rings. The van der Waals surface area contributed by atoms with Crippen molar-refractivity contribution in [3.05, 3.63) is 89.5 Å². The molecular weight excluding hydrogens is 492 g/mol. The van der Waals surface area contributed by atoms with Crippen LogP contribution in [0.3, 0.4) is 0 Å². The summed E-state index contributed by atoms with van der Waals surface area (Å²) in [5.41, 5.74) is 5.16. The van der Waals surface area contributed by atoms with Gasteiger partial charge in [0.15, 0.2) is 0 Å². The number of esters is 1. The van der Waals surface area contributed by atoms with E-state index in [2.05, 4.69) is 10.6 Å². The number of carbonyl (C=O) groups excluding carboxylic acids is 3. The van der Waals surface area contributed by atoms with E-state index in [9.17, 15) is 14.4 Å². The van der Waals surface area contributed by atoms with Gasteiger partial charge < -0.3 is 20.3 Å². The fraction of sp³-hybridized carbons (Fsp3) is 0.258. The number of rotatable bonds is 6. The number of hydrogen-bond donors (Lipinski definition) is 2. The van der Waals surface area contributed by atoms with Gasteiger partial charge in [-0.2, -0.15) is 0 Å². The van der Waals surface area contributed by atoms with Gasteiger partial charge in [0.05, 0.1) is 29.1 Å². The van der Waals surface area contributed by atoms with Crippen molar-refractivity contribution in [2.75, 3.05) is 42.3 Å². The second-order valence-electron chi connectivity index (χ2n) is 9.61. The molecule has 0 aromatic heterocycles. The number of carbonyl (C=O) groups is 3. The van der Waals surface area contributed by atoms with Gasteiger partial charge in [0.25, 0.3) is 5.91 Å². The zero-order valence-electron chi connectivity index (χ0n) is 22.2. The zero-order chi connectivity index (χ0) is 27.4. The van der Waals surface area contributed by atoms with Crippen LogP contribution >= 0.6 is 0 Å². The van der Waals surface area contributed by atoms with Crippen LogP contribution in [0.25, 0.3) is 11.3 Å². The molecule has 8 nitrogen and oxygen atoms in total. The fourth-order valence-corrected chi connectivity index (χ4v) is 4.97. The van der Waals surface area contributed by atoms with Crippen molar-refractivity contribution in [3.8, 4) is 0 Å². The van der Waals surface area contributed by atoms with Crippen LogP contribution in [0.1, 0.15) is 47.7 Å². The highest BCUT2D eigenvalue weighted by molar-refractivity contribution is 6.37. The summed E-state index contributed by atoms with van der Waals surface area (Å²) in [5.74, 6) is -0.696. The SMILES string of the molecule is CCOC(=O)c1ccc2c(c1)NC(=O)/C2=C(\Nc1ccc(N(C)C(=O)N2CCCCC2)cc1)c1ccccc1. The molecule has 0 unspecified atom stereocenters. The predicted molar refractivity (Wildman–Crippen MR) is 154 cm³/mol. The molecule has 0 bridgehead atoms. The maximum atomic E-state index is 13.2. The molecular formula is C31H32N4O4. The molecule has 1 saturated heterocycles. The van der Waals surface area contributed by atoms with Crippen LogP contribution in [0.4, 0.5) is 21.9 Å². The molecule has 5 rings (SSSR count). The lowest BCUT2D eigenvalue weighted by atomic mass is 9.99. The Labute approximate surface area is 228 Å². The van der Waals surface area contributed by atoms with E-state index in [1.165, 1.54) is 6.42 Å². The molecule has 3 amide bonds. The number of anilines is 3. The number of amides is 3. The van der Waals surface area contributed by atoms with Gasteiger partial charge in [-0.25, -0.2) is 9.59 Å². The van der Waals surface area contributed by atoms with Crippen LogP contribution in [0.2, 0.25) is 0 Å². The zero-order valence-corrected chi connectivity index (χ0v) is 22.2. The van der Waals surface area contributed by atoms with Crippen molar-refractivity contribution in [1.82, 2.24) is 4.90 Å². The predicted octanol–water partition coefficient (Wildman–Crippen LogP) is 5.84. The minimum Gasteiger partial charge on any atom is -0.462 e. The summed E-state index contributed by atoms with van der Waals surface area (Å²) in [4.78, 5) is 42.0. The first-order chi connectivity index (χ1) is 19.0. The van der Waals surface area contributed by atoms with Gasteiger partial charge in [0, 0.05) is 37.1 Å². The fourth-order valence-electron chi connectivity index (χ4n) is 4.97. The highest BCUT2D eigenvalue weighted by Gasteiger charge is 2.29. The van der Waals surface area contributed by atoms with Gasteiger partial charge in [-0.15, -0.1) is 0 Å². The number of benzene rings is 3. The standard InChI is InChI=1S/C31H32N4O4/c1-3-39-30(37)22-12-17-25-26(20-22)33-29(36)27(25)28(21-10-6-4-7-11-21)32-23-13-15-24(16-14-23)34(2)31(38)35-18-8-5-9-19-35/h4,6-7,10-17,20,32H,3,5,8-9,18-19H2,1-2H3,(H,33,36)/b28-27-. The molecule has 0 radical (unpaired) electrons. The van der Waals surface area contributed by atoms with Crippen LogP contribution in [-0.2, 0) is 9.53 Å². The Morgan fingerprint density at radius 3 is 2.36 bits per heavy atom. The third-order valence-electron chi connectivity index (χ3n) is 7.03. The van der Waals surface area contributed by atoms with Crippen molar-refractivity contribution < 1.29 is 19.1 Å². The van der Waals surface area contributed by atoms with Crippen LogP contribution < -0.4 is 15.5 Å². The van der Waals surface area contributed by atoms with Crippen LogP contribution in [0.5, 0.6) is 0 Å². The monoisotopic (exact) mass is 524 g/mol. The molecule has 8 heteroatoms. The summed E-state index contributed by atoms with van der Waals surface area (Å²) in [6, 6.07) is 22.3. The van der Waals surface area contributed by atoms with Crippen LogP contribution in [0.15, 0.2) is 72.8 Å². The van der Waals surface area contributed by atoms with E-state index in [0.29, 0.717) is 28.1 Å². The quantitative estimate of drug-likeness (QED) is 0.312. The number of likely N-dealkylation sites (tertiary alicyclic amines) is 1. The molecule has 2 aliphatic heterocycles. The molecule has 39 heavy (non-hydrogen) atoms. The molecule has 200 valence electrons. The normalized spacial score (nSPS) is 15.7. The van der Waals surface area contributed by atoms with Crippen molar-refractivity contribution in [2.24, 2.45) is 0 Å². The van der Waals surface area contributed by atoms with Crippen LogP contribution in [-0.4, -0.2) is 49.6 Å². The summed E-state index contributed by atoms with van der Waals surface area (Å²) in [5, 5.41) is 6.33. The second-order valence-corrected chi connectivity index (χ2v) is 9.61. The minimum absolute atomic E-state index is 0.00363. The molecule has 0 aliphatic carbocycles. The van der Waals surface area contributed by atoms with Crippen LogP contribution in [0, 0.1) is 0 Å². The highest BCUT2D eigenvalue weighted by atomic mass is 16.5. The topological polar surface area (TPSA) is 91.0 Å². The number of nitrogens with zero attached hydrogens (tertiary/aromatic N) is 2. The van der Waals surface area contributed by atoms with Gasteiger partial charge in [0.1, 0.15) is 0 Å². The lowest BCUT2D eigenvalue weighted by molar-refractivity contribution is -0.110. The number of nitrogens with one attached hydrogen (secondary N) is 2. The first-order valence-corrected chi connectivity index (χ1v) is 13.3. The van der Waals surface area contributed by atoms with E-state index in [1.54, 1.807) is 37.1 Å². The second kappa shape index (κ2) is 11.4. The maximum absolute atomic E-state index is 13.2. The average Bonchev–Trinajstić information content (AvgIpc) is 3.31. The van der Waals surface area contributed by atoms with Crippen molar-refractivity contribution in [2.45, 2.75) is 26.2 Å². The summed E-state index contributed by atoms with van der Waals surface area (Å²) < 4.78 is 5.11. The van der Waals surface area contributed by atoms with Gasteiger partial charge in [-0.1, -0.05) is 36.4 Å². The van der Waals surface area contributed by atoms with Gasteiger partial charge in [-0.05, 0) is 68.1 Å². The van der Waals surface area contributed by atoms with E-state index in [4.69, 9.17) is 4.74 Å². The maximum Gasteiger partial charge on any atom is 0.338 e. The Hall–Kier alpha value is -4.59. The van der Waals surface area contributed by atoms with Crippen molar-refractivity contribution >= 4 is 46.2 Å². The first-order valence-electron chi connectivity index (χ1n) is 13.3. The van der Waals surface area contributed by atoms with E-state index in [1.807, 2.05) is 59.5 Å². The van der Waals surface area contributed by atoms with Gasteiger partial charge >= 0.3 is 12.0 Å². The molecule has 3 aromatic carbocycles. The summed E-state index contributed by atoms with van der Waals surface area (Å²) in [7, 11) is 1.79. The lowest BCUT2D eigenvalue weighted by Crippen LogP contribution is -2.43. The smallest absolute Gasteiger partial charge is 0.338 e. The van der Waals surface area contributed by atoms with Crippen molar-refractivity contribution in [3.63, 3.8) is 0 Å². The third kappa shape index (κ3) is 5.50. The molecule has 2 heterocycles. The number of hydrogen-bond acceptors (Lipinski definition) is 5. The van der Waals surface area contributed by atoms with E-state index in [0.717, 1.165) is 42.9 Å². The van der Waals surface area contributed by atoms with Gasteiger partial charge in [0.2, 0.25) is 0 Å². The van der Waals surface area contributed by atoms with Crippen molar-refractivity contribution in [1.29, 1.82) is 0 Å². The Kier molecular flexibility index (Phi) is 7.63. The Morgan fingerprint density at radius 2 is 1.67 bits per heavy atom. The summed E-state index contributed by atoms with van der Waals surface area (Å²) >= 11 is 0.